The van der Waals surface area contributed by atoms with Crippen LogP contribution < -0.4 is 9.47 Å². The summed E-state index contributed by atoms with van der Waals surface area (Å²) in [5.41, 5.74) is 5.65. The number of fused-ring (bicyclic) bond motifs is 1. The molecule has 0 unspecified atom stereocenters. The molecule has 0 bridgehead atoms. The molecule has 0 heterocycles. The summed E-state index contributed by atoms with van der Waals surface area (Å²) >= 11 is 0. The summed E-state index contributed by atoms with van der Waals surface area (Å²) in [6.07, 6.45) is 2.18. The maximum atomic E-state index is 5.82. The van der Waals surface area contributed by atoms with Crippen LogP contribution in [0.4, 0.5) is 0 Å². The molecule has 3 aromatic rings. The first-order valence-corrected chi connectivity index (χ1v) is 9.73. The number of rotatable bonds is 5. The summed E-state index contributed by atoms with van der Waals surface area (Å²) in [6.45, 7) is 2.65. The van der Waals surface area contributed by atoms with E-state index in [0.717, 1.165) is 24.3 Å². The van der Waals surface area contributed by atoms with E-state index in [4.69, 9.17) is 9.47 Å². The normalized spacial score (nSPS) is 18.6. The molecule has 27 heavy (non-hydrogen) atoms. The first kappa shape index (κ1) is 17.7. The van der Waals surface area contributed by atoms with Gasteiger partial charge in [0.2, 0.25) is 0 Å². The predicted molar refractivity (Wildman–Crippen MR) is 110 cm³/mol. The van der Waals surface area contributed by atoms with E-state index in [1.165, 1.54) is 22.3 Å². The van der Waals surface area contributed by atoms with Gasteiger partial charge in [-0.1, -0.05) is 60.7 Å². The van der Waals surface area contributed by atoms with Crippen LogP contribution in [0, 0.1) is 0 Å². The van der Waals surface area contributed by atoms with Crippen molar-refractivity contribution in [1.29, 1.82) is 0 Å². The van der Waals surface area contributed by atoms with Crippen molar-refractivity contribution >= 4 is 0 Å². The number of benzene rings is 3. The van der Waals surface area contributed by atoms with Gasteiger partial charge in [-0.2, -0.15) is 0 Å². The highest BCUT2D eigenvalue weighted by molar-refractivity contribution is 5.47. The molecule has 0 saturated heterocycles. The summed E-state index contributed by atoms with van der Waals surface area (Å²) in [7, 11) is 1.69. The van der Waals surface area contributed by atoms with Crippen LogP contribution in [-0.4, -0.2) is 13.7 Å². The monoisotopic (exact) mass is 358 g/mol. The smallest absolute Gasteiger partial charge is 0.161 e. The zero-order chi connectivity index (χ0) is 18.6. The van der Waals surface area contributed by atoms with Crippen molar-refractivity contribution in [2.45, 2.75) is 31.6 Å². The van der Waals surface area contributed by atoms with Crippen LogP contribution >= 0.6 is 0 Å². The Morgan fingerprint density at radius 3 is 2.41 bits per heavy atom. The molecule has 0 saturated carbocycles. The highest BCUT2D eigenvalue weighted by Gasteiger charge is 2.29. The fraction of sp³-hybridized carbons (Fsp3) is 0.280. The quantitative estimate of drug-likeness (QED) is 0.560. The summed E-state index contributed by atoms with van der Waals surface area (Å²) in [5.74, 6) is 2.54. The highest BCUT2D eigenvalue weighted by atomic mass is 16.5. The summed E-state index contributed by atoms with van der Waals surface area (Å²) in [4.78, 5) is 0. The second kappa shape index (κ2) is 7.87. The first-order chi connectivity index (χ1) is 13.3. The number of methoxy groups -OCH3 is 1. The van der Waals surface area contributed by atoms with Crippen molar-refractivity contribution in [3.63, 3.8) is 0 Å². The van der Waals surface area contributed by atoms with Crippen LogP contribution in [-0.2, 0) is 6.42 Å². The summed E-state index contributed by atoms with van der Waals surface area (Å²) in [5, 5.41) is 0. The van der Waals surface area contributed by atoms with Crippen molar-refractivity contribution < 1.29 is 9.47 Å². The van der Waals surface area contributed by atoms with Gasteiger partial charge < -0.3 is 9.47 Å². The SMILES string of the molecule is CCOc1cc([C@@H]2Cc3ccccc3[C@@H](c3ccccc3)C2)ccc1OC. The first-order valence-electron chi connectivity index (χ1n) is 9.73. The van der Waals surface area contributed by atoms with Gasteiger partial charge in [0.15, 0.2) is 11.5 Å². The second-order valence-electron chi connectivity index (χ2n) is 7.14. The van der Waals surface area contributed by atoms with Crippen LogP contribution in [0.15, 0.2) is 72.8 Å². The van der Waals surface area contributed by atoms with Crippen molar-refractivity contribution in [3.8, 4) is 11.5 Å². The molecule has 0 spiro atoms. The van der Waals surface area contributed by atoms with Gasteiger partial charge in [0.1, 0.15) is 0 Å². The minimum atomic E-state index is 0.429. The van der Waals surface area contributed by atoms with Crippen molar-refractivity contribution in [3.05, 3.63) is 95.1 Å². The van der Waals surface area contributed by atoms with Gasteiger partial charge >= 0.3 is 0 Å². The Balaban J connectivity index is 1.72. The Morgan fingerprint density at radius 1 is 0.852 bits per heavy atom. The maximum absolute atomic E-state index is 5.82. The number of ether oxygens (including phenoxy) is 2. The predicted octanol–water partition coefficient (Wildman–Crippen LogP) is 5.96. The molecule has 0 amide bonds. The van der Waals surface area contributed by atoms with Crippen molar-refractivity contribution in [2.24, 2.45) is 0 Å². The molecule has 3 aromatic carbocycles. The van der Waals surface area contributed by atoms with E-state index < -0.39 is 0 Å². The molecule has 0 radical (unpaired) electrons. The average Bonchev–Trinajstić information content (AvgIpc) is 2.74. The van der Waals surface area contributed by atoms with Gasteiger partial charge in [-0.3, -0.25) is 0 Å². The van der Waals surface area contributed by atoms with E-state index in [1.54, 1.807) is 7.11 Å². The Bertz CT molecular complexity index is 901. The Kier molecular flexibility index (Phi) is 5.15. The lowest BCUT2D eigenvalue weighted by molar-refractivity contribution is 0.310. The number of hydrogen-bond donors (Lipinski definition) is 0. The number of hydrogen-bond acceptors (Lipinski definition) is 2. The fourth-order valence-electron chi connectivity index (χ4n) is 4.29. The lowest BCUT2D eigenvalue weighted by Crippen LogP contribution is -2.18. The van der Waals surface area contributed by atoms with Gasteiger partial charge in [-0.15, -0.1) is 0 Å². The van der Waals surface area contributed by atoms with Crippen LogP contribution in [0.2, 0.25) is 0 Å². The molecular weight excluding hydrogens is 332 g/mol. The molecule has 0 fully saturated rings. The topological polar surface area (TPSA) is 18.5 Å². The van der Waals surface area contributed by atoms with E-state index in [9.17, 15) is 0 Å². The average molecular weight is 358 g/mol. The van der Waals surface area contributed by atoms with Gasteiger partial charge in [0.25, 0.3) is 0 Å². The van der Waals surface area contributed by atoms with Crippen LogP contribution in [0.1, 0.15) is 47.4 Å². The second-order valence-corrected chi connectivity index (χ2v) is 7.14. The van der Waals surface area contributed by atoms with Crippen molar-refractivity contribution in [2.75, 3.05) is 13.7 Å². The van der Waals surface area contributed by atoms with E-state index in [2.05, 4.69) is 66.7 Å². The van der Waals surface area contributed by atoms with Gasteiger partial charge in [0, 0.05) is 5.92 Å². The molecule has 2 atom stereocenters. The van der Waals surface area contributed by atoms with E-state index in [1.807, 2.05) is 13.0 Å². The lowest BCUT2D eigenvalue weighted by atomic mass is 9.72. The van der Waals surface area contributed by atoms with E-state index in [0.29, 0.717) is 18.4 Å². The zero-order valence-electron chi connectivity index (χ0n) is 16.0. The Morgan fingerprint density at radius 2 is 1.63 bits per heavy atom. The third kappa shape index (κ3) is 3.57. The minimum absolute atomic E-state index is 0.429. The Hall–Kier alpha value is -2.74. The largest absolute Gasteiger partial charge is 0.493 e. The molecule has 0 aromatic heterocycles. The molecule has 2 nitrogen and oxygen atoms in total. The molecule has 1 aliphatic rings. The molecule has 0 N–H and O–H groups in total. The standard InChI is InChI=1S/C25H26O2/c1-3-27-25-17-19(13-14-24(25)26-2)21-15-20-11-7-8-12-22(20)23(16-21)18-9-5-4-6-10-18/h4-14,17,21,23H,3,15-16H2,1-2H3/t21-,23-/m1/s1. The molecule has 1 aliphatic carbocycles. The van der Waals surface area contributed by atoms with Gasteiger partial charge in [-0.05, 0) is 60.1 Å². The Labute approximate surface area is 161 Å². The molecular formula is C25H26O2. The van der Waals surface area contributed by atoms with Crippen LogP contribution in [0.3, 0.4) is 0 Å². The van der Waals surface area contributed by atoms with Gasteiger partial charge in [-0.25, -0.2) is 0 Å². The third-order valence-electron chi connectivity index (χ3n) is 5.58. The molecule has 138 valence electrons. The lowest BCUT2D eigenvalue weighted by Gasteiger charge is -2.32. The van der Waals surface area contributed by atoms with Crippen LogP contribution in [0.5, 0.6) is 11.5 Å². The highest BCUT2D eigenvalue weighted by Crippen LogP contribution is 2.44. The maximum Gasteiger partial charge on any atom is 0.161 e. The van der Waals surface area contributed by atoms with Crippen LogP contribution in [0.25, 0.3) is 0 Å². The summed E-state index contributed by atoms with van der Waals surface area (Å²) < 4.78 is 11.3. The fourth-order valence-corrected chi connectivity index (χ4v) is 4.29. The molecule has 0 aliphatic heterocycles. The van der Waals surface area contributed by atoms with Crippen molar-refractivity contribution in [1.82, 2.24) is 0 Å². The van der Waals surface area contributed by atoms with Gasteiger partial charge in [0.05, 0.1) is 13.7 Å². The van der Waals surface area contributed by atoms with E-state index in [-0.39, 0.29) is 0 Å². The summed E-state index contributed by atoms with van der Waals surface area (Å²) in [6, 6.07) is 26.2. The third-order valence-corrected chi connectivity index (χ3v) is 5.58. The molecule has 2 heteroatoms. The minimum Gasteiger partial charge on any atom is -0.493 e. The zero-order valence-corrected chi connectivity index (χ0v) is 16.0. The molecule has 4 rings (SSSR count). The van der Waals surface area contributed by atoms with E-state index >= 15 is 0 Å².